The molecule has 5 heteroatoms. The van der Waals surface area contributed by atoms with E-state index in [4.69, 9.17) is 16.3 Å². The number of thioether (sulfide) groups is 1. The van der Waals surface area contributed by atoms with Crippen LogP contribution in [0.5, 0.6) is 5.75 Å². The number of hydrogen-bond acceptors (Lipinski definition) is 4. The Kier molecular flexibility index (Phi) is 5.29. The third kappa shape index (κ3) is 3.66. The number of ether oxygens (including phenoxy) is 1. The third-order valence-electron chi connectivity index (χ3n) is 2.66. The van der Waals surface area contributed by atoms with Crippen molar-refractivity contribution in [3.05, 3.63) is 51.2 Å². The summed E-state index contributed by atoms with van der Waals surface area (Å²) in [5.41, 5.74) is 0.610. The number of rotatable bonds is 5. The van der Waals surface area contributed by atoms with Gasteiger partial charge in [0, 0.05) is 15.3 Å². The molecule has 1 aromatic heterocycles. The van der Waals surface area contributed by atoms with Crippen molar-refractivity contribution < 1.29 is 9.53 Å². The van der Waals surface area contributed by atoms with Crippen molar-refractivity contribution in [3.8, 4) is 5.75 Å². The number of thiophene rings is 1. The standard InChI is InChI=1S/C15H13ClO2S2/c1-18-13-9-10(3-7-14(13)19-2)12(17)6-4-11-5-8-15(16)20-11/h3-9H,1-2H3/b6-4+. The molecule has 2 rings (SSSR count). The Balaban J connectivity index is 2.19. The minimum Gasteiger partial charge on any atom is -0.496 e. The van der Waals surface area contributed by atoms with Crippen molar-refractivity contribution in [2.24, 2.45) is 0 Å². The zero-order valence-corrected chi connectivity index (χ0v) is 13.4. The van der Waals surface area contributed by atoms with E-state index in [1.807, 2.05) is 30.5 Å². The number of benzene rings is 1. The lowest BCUT2D eigenvalue weighted by Crippen LogP contribution is -1.96. The van der Waals surface area contributed by atoms with E-state index in [-0.39, 0.29) is 5.78 Å². The maximum absolute atomic E-state index is 12.1. The van der Waals surface area contributed by atoms with Crippen molar-refractivity contribution in [2.45, 2.75) is 4.90 Å². The zero-order valence-electron chi connectivity index (χ0n) is 11.1. The predicted molar refractivity (Wildman–Crippen MR) is 87.5 cm³/mol. The van der Waals surface area contributed by atoms with Crippen molar-refractivity contribution >= 4 is 46.6 Å². The van der Waals surface area contributed by atoms with Gasteiger partial charge in [0.2, 0.25) is 0 Å². The molecule has 2 aromatic rings. The van der Waals surface area contributed by atoms with Crippen LogP contribution in [-0.2, 0) is 0 Å². The molecular formula is C15H13ClO2S2. The number of methoxy groups -OCH3 is 1. The molecule has 0 N–H and O–H groups in total. The highest BCUT2D eigenvalue weighted by atomic mass is 35.5. The molecule has 0 saturated heterocycles. The lowest BCUT2D eigenvalue weighted by Gasteiger charge is -2.07. The van der Waals surface area contributed by atoms with Crippen LogP contribution in [0.1, 0.15) is 15.2 Å². The van der Waals surface area contributed by atoms with Gasteiger partial charge in [-0.25, -0.2) is 0 Å². The highest BCUT2D eigenvalue weighted by molar-refractivity contribution is 7.98. The zero-order chi connectivity index (χ0) is 14.5. The van der Waals surface area contributed by atoms with Gasteiger partial charge in [-0.15, -0.1) is 23.1 Å². The number of halogens is 1. The van der Waals surface area contributed by atoms with E-state index in [9.17, 15) is 4.79 Å². The minimum absolute atomic E-state index is 0.0551. The van der Waals surface area contributed by atoms with Gasteiger partial charge in [-0.05, 0) is 48.7 Å². The van der Waals surface area contributed by atoms with Crippen LogP contribution in [0, 0.1) is 0 Å². The van der Waals surface area contributed by atoms with E-state index in [0.29, 0.717) is 9.90 Å². The fraction of sp³-hybridized carbons (Fsp3) is 0.133. The molecule has 20 heavy (non-hydrogen) atoms. The summed E-state index contributed by atoms with van der Waals surface area (Å²) in [5, 5.41) is 0. The SMILES string of the molecule is COc1cc(C(=O)/C=C/c2ccc(Cl)s2)ccc1SC. The molecule has 1 aromatic carbocycles. The maximum Gasteiger partial charge on any atom is 0.186 e. The predicted octanol–water partition coefficient (Wildman–Crippen LogP) is 5.03. The van der Waals surface area contributed by atoms with Crippen LogP contribution >= 0.6 is 34.7 Å². The smallest absolute Gasteiger partial charge is 0.186 e. The molecule has 0 unspecified atom stereocenters. The number of allylic oxidation sites excluding steroid dienone is 1. The van der Waals surface area contributed by atoms with Gasteiger partial charge in [0.05, 0.1) is 11.4 Å². The monoisotopic (exact) mass is 324 g/mol. The Hall–Kier alpha value is -1.23. The second-order valence-corrected chi connectivity index (χ2v) is 6.50. The van der Waals surface area contributed by atoms with Crippen LogP contribution in [0.25, 0.3) is 6.08 Å². The van der Waals surface area contributed by atoms with E-state index in [1.54, 1.807) is 37.1 Å². The van der Waals surface area contributed by atoms with Crippen molar-refractivity contribution in [1.29, 1.82) is 0 Å². The van der Waals surface area contributed by atoms with Gasteiger partial charge < -0.3 is 4.74 Å². The van der Waals surface area contributed by atoms with Crippen molar-refractivity contribution in [1.82, 2.24) is 0 Å². The first kappa shape index (κ1) is 15.2. The molecule has 0 saturated carbocycles. The van der Waals surface area contributed by atoms with Gasteiger partial charge in [-0.2, -0.15) is 0 Å². The van der Waals surface area contributed by atoms with Crippen LogP contribution in [0.4, 0.5) is 0 Å². The van der Waals surface area contributed by atoms with Gasteiger partial charge in [0.15, 0.2) is 5.78 Å². The Bertz CT molecular complexity index is 647. The van der Waals surface area contributed by atoms with E-state index in [0.717, 1.165) is 15.5 Å². The van der Waals surface area contributed by atoms with Crippen LogP contribution < -0.4 is 4.74 Å². The molecule has 1 heterocycles. The highest BCUT2D eigenvalue weighted by Crippen LogP contribution is 2.28. The van der Waals surface area contributed by atoms with E-state index in [2.05, 4.69) is 0 Å². The van der Waals surface area contributed by atoms with Crippen LogP contribution in [0.3, 0.4) is 0 Å². The molecule has 0 radical (unpaired) electrons. The van der Waals surface area contributed by atoms with Gasteiger partial charge in [0.1, 0.15) is 5.75 Å². The average Bonchev–Trinajstić information content (AvgIpc) is 2.89. The lowest BCUT2D eigenvalue weighted by molar-refractivity contribution is 0.104. The second-order valence-electron chi connectivity index (χ2n) is 3.91. The summed E-state index contributed by atoms with van der Waals surface area (Å²) in [6, 6.07) is 9.16. The normalized spacial score (nSPS) is 10.9. The van der Waals surface area contributed by atoms with Gasteiger partial charge in [-0.3, -0.25) is 4.79 Å². The number of carbonyl (C=O) groups is 1. The molecule has 0 amide bonds. The maximum atomic E-state index is 12.1. The minimum atomic E-state index is -0.0551. The van der Waals surface area contributed by atoms with E-state index < -0.39 is 0 Å². The average molecular weight is 325 g/mol. The fourth-order valence-electron chi connectivity index (χ4n) is 1.66. The summed E-state index contributed by atoms with van der Waals surface area (Å²) < 4.78 is 5.99. The summed E-state index contributed by atoms with van der Waals surface area (Å²) >= 11 is 8.87. The van der Waals surface area contributed by atoms with Crippen LogP contribution in [0.15, 0.2) is 41.3 Å². The topological polar surface area (TPSA) is 26.3 Å². The first-order chi connectivity index (χ1) is 9.63. The third-order valence-corrected chi connectivity index (χ3v) is 4.63. The van der Waals surface area contributed by atoms with Crippen LogP contribution in [-0.4, -0.2) is 19.1 Å². The Labute approximate surface area is 131 Å². The van der Waals surface area contributed by atoms with Gasteiger partial charge >= 0.3 is 0 Å². The van der Waals surface area contributed by atoms with Gasteiger partial charge in [-0.1, -0.05) is 11.6 Å². The Morgan fingerprint density at radius 2 is 2.15 bits per heavy atom. The molecule has 0 fully saturated rings. The van der Waals surface area contributed by atoms with Gasteiger partial charge in [0.25, 0.3) is 0 Å². The first-order valence-electron chi connectivity index (χ1n) is 5.84. The fourth-order valence-corrected chi connectivity index (χ4v) is 3.17. The molecule has 0 spiro atoms. The quantitative estimate of drug-likeness (QED) is 0.438. The Morgan fingerprint density at radius 1 is 1.35 bits per heavy atom. The number of hydrogen-bond donors (Lipinski definition) is 0. The summed E-state index contributed by atoms with van der Waals surface area (Å²) in [6.45, 7) is 0. The molecule has 0 aliphatic rings. The van der Waals surface area contributed by atoms with Crippen molar-refractivity contribution in [3.63, 3.8) is 0 Å². The highest BCUT2D eigenvalue weighted by Gasteiger charge is 2.07. The number of carbonyl (C=O) groups excluding carboxylic acids is 1. The molecule has 104 valence electrons. The lowest BCUT2D eigenvalue weighted by atomic mass is 10.1. The molecule has 0 atom stereocenters. The first-order valence-corrected chi connectivity index (χ1v) is 8.25. The number of ketones is 1. The Morgan fingerprint density at radius 3 is 2.75 bits per heavy atom. The summed E-state index contributed by atoms with van der Waals surface area (Å²) in [4.78, 5) is 14.1. The molecule has 0 bridgehead atoms. The van der Waals surface area contributed by atoms with E-state index >= 15 is 0 Å². The molecule has 0 aliphatic heterocycles. The molecular weight excluding hydrogens is 312 g/mol. The summed E-state index contributed by atoms with van der Waals surface area (Å²) in [7, 11) is 1.60. The van der Waals surface area contributed by atoms with E-state index in [1.165, 1.54) is 11.3 Å². The largest absolute Gasteiger partial charge is 0.496 e. The second kappa shape index (κ2) is 6.97. The van der Waals surface area contributed by atoms with Crippen LogP contribution in [0.2, 0.25) is 4.34 Å². The molecule has 0 aliphatic carbocycles. The van der Waals surface area contributed by atoms with Crippen molar-refractivity contribution in [2.75, 3.05) is 13.4 Å². The molecule has 2 nitrogen and oxygen atoms in total. The summed E-state index contributed by atoms with van der Waals surface area (Å²) in [6.07, 6.45) is 5.29. The summed E-state index contributed by atoms with van der Waals surface area (Å²) in [5.74, 6) is 0.663.